The third-order valence-electron chi connectivity index (χ3n) is 5.65. The average molecular weight is 486 g/mol. The zero-order valence-electron chi connectivity index (χ0n) is 20.9. The van der Waals surface area contributed by atoms with Crippen molar-refractivity contribution in [3.05, 3.63) is 63.9 Å². The molecule has 0 radical (unpaired) electrons. The van der Waals surface area contributed by atoms with E-state index < -0.39 is 0 Å². The number of thiophene rings is 1. The molecule has 186 valence electrons. The van der Waals surface area contributed by atoms with Gasteiger partial charge < -0.3 is 25.9 Å². The highest BCUT2D eigenvalue weighted by molar-refractivity contribution is 7.11. The third-order valence-corrected chi connectivity index (χ3v) is 6.76. The number of carbonyl (C=O) groups is 2. The molecule has 34 heavy (non-hydrogen) atoms. The van der Waals surface area contributed by atoms with Crippen LogP contribution in [0, 0.1) is 0 Å². The summed E-state index contributed by atoms with van der Waals surface area (Å²) < 4.78 is 6.18. The number of primary amides is 1. The zero-order valence-corrected chi connectivity index (χ0v) is 21.7. The Morgan fingerprint density at radius 1 is 1.26 bits per heavy atom. The van der Waals surface area contributed by atoms with E-state index in [2.05, 4.69) is 67.8 Å². The molecule has 0 spiro atoms. The van der Waals surface area contributed by atoms with Crippen molar-refractivity contribution in [3.8, 4) is 5.75 Å². The molecular formula is C27H39N3O3S. The predicted molar refractivity (Wildman–Crippen MR) is 144 cm³/mol. The molecule has 0 atom stereocenters. The summed E-state index contributed by atoms with van der Waals surface area (Å²) in [6.07, 6.45) is 6.58. The van der Waals surface area contributed by atoms with Gasteiger partial charge in [-0.15, -0.1) is 11.3 Å². The molecule has 1 aromatic carbocycles. The molecule has 4 N–H and O–H groups in total. The number of hydrogen-bond donors (Lipinski definition) is 2. The summed E-state index contributed by atoms with van der Waals surface area (Å²) in [6, 6.07) is 8.60. The van der Waals surface area contributed by atoms with Crippen molar-refractivity contribution in [3.63, 3.8) is 0 Å². The Morgan fingerprint density at radius 3 is 2.41 bits per heavy atom. The number of nitrogens with two attached hydrogens (primary N) is 2. The van der Waals surface area contributed by atoms with Crippen LogP contribution in [-0.2, 0) is 16.2 Å². The van der Waals surface area contributed by atoms with Gasteiger partial charge in [-0.3, -0.25) is 4.79 Å². The Kier molecular flexibility index (Phi) is 13.6. The zero-order chi connectivity index (χ0) is 25.5. The SMILES string of the molecule is C=C(N)c1c(COc2cccc(C3CCN(C)CC3)c2)csc1/C(=C\C)CC.CC=O.NC=O. The van der Waals surface area contributed by atoms with Crippen molar-refractivity contribution in [1.82, 2.24) is 4.90 Å². The second-order valence-corrected chi connectivity index (χ2v) is 8.85. The Morgan fingerprint density at radius 2 is 1.88 bits per heavy atom. The molecule has 1 aliphatic rings. The monoisotopic (exact) mass is 485 g/mol. The van der Waals surface area contributed by atoms with Gasteiger partial charge >= 0.3 is 0 Å². The highest BCUT2D eigenvalue weighted by Gasteiger charge is 2.19. The van der Waals surface area contributed by atoms with Crippen LogP contribution in [0.2, 0.25) is 0 Å². The van der Waals surface area contributed by atoms with Crippen LogP contribution in [0.3, 0.4) is 0 Å². The minimum Gasteiger partial charge on any atom is -0.489 e. The van der Waals surface area contributed by atoms with Gasteiger partial charge in [0.2, 0.25) is 6.41 Å². The van der Waals surface area contributed by atoms with Gasteiger partial charge in [-0.2, -0.15) is 0 Å². The van der Waals surface area contributed by atoms with Gasteiger partial charge in [-0.05, 0) is 87.8 Å². The molecule has 2 heterocycles. The first-order chi connectivity index (χ1) is 16.4. The van der Waals surface area contributed by atoms with Crippen LogP contribution in [0.25, 0.3) is 11.3 Å². The van der Waals surface area contributed by atoms with E-state index in [1.54, 1.807) is 11.3 Å². The molecule has 7 heteroatoms. The van der Waals surface area contributed by atoms with Gasteiger partial charge in [-0.25, -0.2) is 0 Å². The first-order valence-corrected chi connectivity index (χ1v) is 12.4. The van der Waals surface area contributed by atoms with Crippen LogP contribution in [0.5, 0.6) is 5.75 Å². The molecular weight excluding hydrogens is 446 g/mol. The largest absolute Gasteiger partial charge is 0.489 e. The number of rotatable bonds is 7. The number of allylic oxidation sites excluding steroid dienone is 2. The van der Waals surface area contributed by atoms with Crippen molar-refractivity contribution in [2.45, 2.75) is 52.6 Å². The molecule has 1 aliphatic heterocycles. The summed E-state index contributed by atoms with van der Waals surface area (Å²) >= 11 is 1.73. The number of likely N-dealkylation sites (tertiary alicyclic amines) is 1. The first-order valence-electron chi connectivity index (χ1n) is 11.5. The Labute approximate surface area is 208 Å². The maximum Gasteiger partial charge on any atom is 0.204 e. The van der Waals surface area contributed by atoms with E-state index in [9.17, 15) is 0 Å². The number of piperidine rings is 1. The van der Waals surface area contributed by atoms with Crippen LogP contribution < -0.4 is 16.2 Å². The lowest BCUT2D eigenvalue weighted by atomic mass is 9.89. The minimum atomic E-state index is 0.250. The van der Waals surface area contributed by atoms with Crippen LogP contribution >= 0.6 is 11.3 Å². The Hall–Kier alpha value is -2.90. The second kappa shape index (κ2) is 15.9. The van der Waals surface area contributed by atoms with Gasteiger partial charge in [0.1, 0.15) is 18.6 Å². The summed E-state index contributed by atoms with van der Waals surface area (Å²) in [5.74, 6) is 1.56. The van der Waals surface area contributed by atoms with Gasteiger partial charge in [0.25, 0.3) is 0 Å². The lowest BCUT2D eigenvalue weighted by Gasteiger charge is -2.29. The van der Waals surface area contributed by atoms with E-state index in [0.717, 1.165) is 29.6 Å². The van der Waals surface area contributed by atoms with Crippen molar-refractivity contribution in [2.24, 2.45) is 11.5 Å². The van der Waals surface area contributed by atoms with E-state index >= 15 is 0 Å². The number of nitrogens with zero attached hydrogens (tertiary/aromatic N) is 1. The fourth-order valence-electron chi connectivity index (χ4n) is 3.95. The standard InChI is InChI=1S/C24H32N2OS.C2H4O.CH3NO/c1-5-18(6-2)24-23(17(3)25)21(16-28-24)15-27-22-9-7-8-20(14-22)19-10-12-26(4)13-11-19;1-2-3;2-1-3/h5,7-9,14,16,19H,3,6,10-13,15,25H2,1-2,4H3;2H,1H3;1H,(H2,2,3)/b18-5-;;. The molecule has 2 aromatic rings. The smallest absolute Gasteiger partial charge is 0.204 e. The predicted octanol–water partition coefficient (Wildman–Crippen LogP) is 5.19. The van der Waals surface area contributed by atoms with Crippen molar-refractivity contribution in [1.29, 1.82) is 0 Å². The second-order valence-electron chi connectivity index (χ2n) is 7.97. The van der Waals surface area contributed by atoms with Crippen molar-refractivity contribution < 1.29 is 14.3 Å². The number of ether oxygens (including phenoxy) is 1. The van der Waals surface area contributed by atoms with E-state index in [1.807, 2.05) is 6.07 Å². The highest BCUT2D eigenvalue weighted by Crippen LogP contribution is 2.35. The van der Waals surface area contributed by atoms with E-state index in [1.165, 1.54) is 48.9 Å². The number of amides is 1. The number of carbonyl (C=O) groups excluding carboxylic acids is 2. The van der Waals surface area contributed by atoms with Gasteiger partial charge in [0, 0.05) is 21.7 Å². The van der Waals surface area contributed by atoms with Gasteiger partial charge in [0.05, 0.1) is 0 Å². The maximum absolute atomic E-state index is 8.81. The first kappa shape index (κ1) is 29.1. The molecule has 0 aliphatic carbocycles. The minimum absolute atomic E-state index is 0.250. The van der Waals surface area contributed by atoms with E-state index in [-0.39, 0.29) is 6.41 Å². The molecule has 0 bridgehead atoms. The molecule has 0 unspecified atom stereocenters. The lowest BCUT2D eigenvalue weighted by molar-refractivity contribution is -0.107. The maximum atomic E-state index is 8.81. The normalized spacial score (nSPS) is 14.2. The highest BCUT2D eigenvalue weighted by atomic mass is 32.1. The topological polar surface area (TPSA) is 98.7 Å². The number of benzene rings is 1. The molecule has 1 saturated heterocycles. The summed E-state index contributed by atoms with van der Waals surface area (Å²) in [4.78, 5) is 21.0. The van der Waals surface area contributed by atoms with Gasteiger partial charge in [-0.1, -0.05) is 31.7 Å². The molecule has 1 aromatic heterocycles. The van der Waals surface area contributed by atoms with Crippen LogP contribution in [0.15, 0.2) is 42.3 Å². The van der Waals surface area contributed by atoms with Crippen LogP contribution in [-0.4, -0.2) is 37.7 Å². The summed E-state index contributed by atoms with van der Waals surface area (Å²) in [6.45, 7) is 12.5. The third kappa shape index (κ3) is 8.80. The molecule has 0 saturated carbocycles. The lowest BCUT2D eigenvalue weighted by Crippen LogP contribution is -2.29. The van der Waals surface area contributed by atoms with Crippen molar-refractivity contribution >= 4 is 35.3 Å². The van der Waals surface area contributed by atoms with Crippen molar-refractivity contribution in [2.75, 3.05) is 20.1 Å². The fraction of sp³-hybridized carbons (Fsp3) is 0.407. The fourth-order valence-corrected chi connectivity index (χ4v) is 5.18. The molecule has 6 nitrogen and oxygen atoms in total. The van der Waals surface area contributed by atoms with Crippen LogP contribution in [0.1, 0.15) is 67.5 Å². The Balaban J connectivity index is 0.000000872. The number of aldehydes is 1. The molecule has 3 rings (SSSR count). The molecule has 1 fully saturated rings. The van der Waals surface area contributed by atoms with Crippen LogP contribution in [0.4, 0.5) is 0 Å². The summed E-state index contributed by atoms with van der Waals surface area (Å²) in [7, 11) is 2.20. The Bertz CT molecular complexity index is 938. The van der Waals surface area contributed by atoms with E-state index in [4.69, 9.17) is 20.1 Å². The quantitative estimate of drug-likeness (QED) is 0.526. The molecule has 1 amide bonds. The summed E-state index contributed by atoms with van der Waals surface area (Å²) in [5.41, 5.74) is 15.8. The van der Waals surface area contributed by atoms with E-state index in [0.29, 0.717) is 18.2 Å². The number of hydrogen-bond acceptors (Lipinski definition) is 6. The average Bonchev–Trinajstić information content (AvgIpc) is 3.24. The van der Waals surface area contributed by atoms with Gasteiger partial charge in [0.15, 0.2) is 0 Å². The summed E-state index contributed by atoms with van der Waals surface area (Å²) in [5, 5.41) is 2.16.